The van der Waals surface area contributed by atoms with Crippen molar-refractivity contribution in [3.63, 3.8) is 0 Å². The van der Waals surface area contributed by atoms with Gasteiger partial charge in [0.25, 0.3) is 0 Å². The molecule has 0 bridgehead atoms. The summed E-state index contributed by atoms with van der Waals surface area (Å²) in [4.78, 5) is 12.1. The summed E-state index contributed by atoms with van der Waals surface area (Å²) in [5.41, 5.74) is 8.05. The van der Waals surface area contributed by atoms with Gasteiger partial charge in [-0.25, -0.2) is 0 Å². The number of nitrogens with one attached hydrogen (secondary N) is 1. The summed E-state index contributed by atoms with van der Waals surface area (Å²) in [5.74, 6) is 0.0473. The summed E-state index contributed by atoms with van der Waals surface area (Å²) in [6.07, 6.45) is 4.14. The van der Waals surface area contributed by atoms with Gasteiger partial charge < -0.3 is 11.1 Å². The second-order valence-corrected chi connectivity index (χ2v) is 4.91. The normalized spacial score (nSPS) is 24.4. The van der Waals surface area contributed by atoms with Crippen molar-refractivity contribution in [1.29, 1.82) is 0 Å². The van der Waals surface area contributed by atoms with E-state index in [2.05, 4.69) is 5.32 Å². The maximum Gasteiger partial charge on any atom is 0.229 e. The largest absolute Gasteiger partial charge is 0.327 e. The Morgan fingerprint density at radius 1 is 1.24 bits per heavy atom. The number of carbonyl (C=O) groups excluding carboxylic acids is 1. The first-order valence-corrected chi connectivity index (χ1v) is 6.30. The number of aryl methyl sites for hydroxylation is 1. The minimum atomic E-state index is -0.0231. The Labute approximate surface area is 102 Å². The zero-order chi connectivity index (χ0) is 12.3. The van der Waals surface area contributed by atoms with Crippen molar-refractivity contribution in [2.45, 2.75) is 38.6 Å². The van der Waals surface area contributed by atoms with Crippen molar-refractivity contribution in [2.24, 2.45) is 11.7 Å². The number of nitrogens with two attached hydrogens (primary N) is 1. The second kappa shape index (κ2) is 5.32. The average Bonchev–Trinajstić information content (AvgIpc) is 2.32. The maximum atomic E-state index is 12.1. The van der Waals surface area contributed by atoms with Gasteiger partial charge in [-0.15, -0.1) is 0 Å². The molecule has 3 heteroatoms. The molecule has 2 atom stereocenters. The van der Waals surface area contributed by atoms with Crippen LogP contribution in [-0.2, 0) is 4.79 Å². The minimum Gasteiger partial charge on any atom is -0.327 e. The Morgan fingerprint density at radius 3 is 2.53 bits per heavy atom. The molecule has 1 aliphatic carbocycles. The number of rotatable bonds is 2. The highest BCUT2D eigenvalue weighted by molar-refractivity contribution is 5.93. The Morgan fingerprint density at radius 2 is 1.88 bits per heavy atom. The molecule has 0 saturated heterocycles. The van der Waals surface area contributed by atoms with Crippen LogP contribution in [-0.4, -0.2) is 11.9 Å². The Bertz CT molecular complexity index is 386. The maximum absolute atomic E-state index is 12.1. The molecule has 0 radical (unpaired) electrons. The van der Waals surface area contributed by atoms with Gasteiger partial charge in [-0.3, -0.25) is 4.79 Å². The van der Waals surface area contributed by atoms with Crippen LogP contribution in [0.4, 0.5) is 5.69 Å². The molecule has 3 N–H and O–H groups in total. The van der Waals surface area contributed by atoms with Crippen LogP contribution >= 0.6 is 0 Å². The molecular formula is C14H20N2O. The van der Waals surface area contributed by atoms with E-state index in [4.69, 9.17) is 5.73 Å². The van der Waals surface area contributed by atoms with Crippen molar-refractivity contribution in [1.82, 2.24) is 0 Å². The Kier molecular flexibility index (Phi) is 3.79. The van der Waals surface area contributed by atoms with E-state index in [1.165, 1.54) is 5.56 Å². The molecule has 2 unspecified atom stereocenters. The van der Waals surface area contributed by atoms with E-state index in [1.54, 1.807) is 0 Å². The van der Waals surface area contributed by atoms with Gasteiger partial charge in [0.1, 0.15) is 0 Å². The third-order valence-electron chi connectivity index (χ3n) is 3.48. The summed E-state index contributed by atoms with van der Waals surface area (Å²) in [6.45, 7) is 2.03. The second-order valence-electron chi connectivity index (χ2n) is 4.91. The lowest BCUT2D eigenvalue weighted by atomic mass is 9.84. The third-order valence-corrected chi connectivity index (χ3v) is 3.48. The van der Waals surface area contributed by atoms with Crippen molar-refractivity contribution in [2.75, 3.05) is 5.32 Å². The SMILES string of the molecule is Cc1ccc(NC(=O)C2CCCCC2N)cc1. The zero-order valence-electron chi connectivity index (χ0n) is 10.3. The number of amides is 1. The fraction of sp³-hybridized carbons (Fsp3) is 0.500. The van der Waals surface area contributed by atoms with Crippen molar-refractivity contribution < 1.29 is 4.79 Å². The topological polar surface area (TPSA) is 55.1 Å². The van der Waals surface area contributed by atoms with Crippen LogP contribution in [0.1, 0.15) is 31.2 Å². The van der Waals surface area contributed by atoms with Crippen LogP contribution in [0.5, 0.6) is 0 Å². The van der Waals surface area contributed by atoms with Crippen LogP contribution in [0.25, 0.3) is 0 Å². The highest BCUT2D eigenvalue weighted by Crippen LogP contribution is 2.24. The molecule has 0 aliphatic heterocycles. The summed E-state index contributed by atoms with van der Waals surface area (Å²) >= 11 is 0. The highest BCUT2D eigenvalue weighted by atomic mass is 16.1. The first-order valence-electron chi connectivity index (χ1n) is 6.30. The van der Waals surface area contributed by atoms with Gasteiger partial charge in [-0.05, 0) is 31.9 Å². The molecule has 0 spiro atoms. The van der Waals surface area contributed by atoms with Gasteiger partial charge >= 0.3 is 0 Å². The molecule has 3 nitrogen and oxygen atoms in total. The van der Waals surface area contributed by atoms with E-state index in [1.807, 2.05) is 31.2 Å². The molecule has 17 heavy (non-hydrogen) atoms. The van der Waals surface area contributed by atoms with E-state index < -0.39 is 0 Å². The van der Waals surface area contributed by atoms with Crippen LogP contribution in [0.2, 0.25) is 0 Å². The first-order chi connectivity index (χ1) is 8.16. The van der Waals surface area contributed by atoms with Gasteiger partial charge in [0, 0.05) is 11.7 Å². The molecule has 0 aromatic heterocycles. The summed E-state index contributed by atoms with van der Waals surface area (Å²) in [5, 5.41) is 2.95. The fourth-order valence-corrected chi connectivity index (χ4v) is 2.36. The number of anilines is 1. The molecule has 0 heterocycles. The molecule has 2 rings (SSSR count). The quantitative estimate of drug-likeness (QED) is 0.823. The van der Waals surface area contributed by atoms with Crippen LogP contribution in [0.15, 0.2) is 24.3 Å². The van der Waals surface area contributed by atoms with E-state index in [-0.39, 0.29) is 17.9 Å². The number of hydrogen-bond acceptors (Lipinski definition) is 2. The van der Waals surface area contributed by atoms with Gasteiger partial charge in [0.05, 0.1) is 5.92 Å². The zero-order valence-corrected chi connectivity index (χ0v) is 10.3. The van der Waals surface area contributed by atoms with Crippen molar-refractivity contribution in [3.8, 4) is 0 Å². The lowest BCUT2D eigenvalue weighted by Gasteiger charge is -2.27. The van der Waals surface area contributed by atoms with Crippen LogP contribution in [0, 0.1) is 12.8 Å². The third kappa shape index (κ3) is 3.07. The Balaban J connectivity index is 1.98. The van der Waals surface area contributed by atoms with E-state index in [0.29, 0.717) is 0 Å². The molecular weight excluding hydrogens is 212 g/mol. The first kappa shape index (κ1) is 12.1. The van der Waals surface area contributed by atoms with E-state index in [9.17, 15) is 4.79 Å². The molecule has 92 valence electrons. The molecule has 1 saturated carbocycles. The van der Waals surface area contributed by atoms with E-state index in [0.717, 1.165) is 31.4 Å². The van der Waals surface area contributed by atoms with Gasteiger partial charge in [0.15, 0.2) is 0 Å². The smallest absolute Gasteiger partial charge is 0.229 e. The molecule has 1 aromatic rings. The minimum absolute atomic E-state index is 0.0224. The van der Waals surface area contributed by atoms with E-state index >= 15 is 0 Å². The summed E-state index contributed by atoms with van der Waals surface area (Å²) < 4.78 is 0. The lowest BCUT2D eigenvalue weighted by molar-refractivity contribution is -0.121. The monoisotopic (exact) mass is 232 g/mol. The predicted octanol–water partition coefficient (Wildman–Crippen LogP) is 2.45. The van der Waals surface area contributed by atoms with Gasteiger partial charge in [0.2, 0.25) is 5.91 Å². The van der Waals surface area contributed by atoms with Crippen LogP contribution < -0.4 is 11.1 Å². The number of benzene rings is 1. The predicted molar refractivity (Wildman–Crippen MR) is 69.7 cm³/mol. The molecule has 1 fully saturated rings. The van der Waals surface area contributed by atoms with Gasteiger partial charge in [-0.2, -0.15) is 0 Å². The van der Waals surface area contributed by atoms with Gasteiger partial charge in [-0.1, -0.05) is 30.5 Å². The fourth-order valence-electron chi connectivity index (χ4n) is 2.36. The molecule has 1 aliphatic rings. The number of carbonyl (C=O) groups is 1. The van der Waals surface area contributed by atoms with Crippen molar-refractivity contribution >= 4 is 11.6 Å². The summed E-state index contributed by atoms with van der Waals surface area (Å²) in [6, 6.07) is 7.88. The Hall–Kier alpha value is -1.35. The van der Waals surface area contributed by atoms with Crippen molar-refractivity contribution in [3.05, 3.63) is 29.8 Å². The lowest BCUT2D eigenvalue weighted by Crippen LogP contribution is -2.40. The van der Waals surface area contributed by atoms with Crippen LogP contribution in [0.3, 0.4) is 0 Å². The highest BCUT2D eigenvalue weighted by Gasteiger charge is 2.28. The number of hydrogen-bond donors (Lipinski definition) is 2. The standard InChI is InChI=1S/C14H20N2O/c1-10-6-8-11(9-7-10)16-14(17)12-4-2-3-5-13(12)15/h6-9,12-13H,2-5,15H2,1H3,(H,16,17). The average molecular weight is 232 g/mol. The molecule has 1 aromatic carbocycles. The molecule has 1 amide bonds. The summed E-state index contributed by atoms with van der Waals surface area (Å²) in [7, 11) is 0.